The van der Waals surface area contributed by atoms with Gasteiger partial charge in [0.2, 0.25) is 5.91 Å². The van der Waals surface area contributed by atoms with Crippen LogP contribution >= 0.6 is 0 Å². The Kier molecular flexibility index (Phi) is 6.50. The fraction of sp³-hybridized carbons (Fsp3) is 0.464. The topological polar surface area (TPSA) is 95.9 Å². The molecule has 2 amide bonds. The maximum Gasteiger partial charge on any atom is 0.407 e. The molecule has 3 aliphatic rings. The molecule has 184 valence electrons. The highest BCUT2D eigenvalue weighted by atomic mass is 16.5. The SMILES string of the molecule is O=C(NCCCCCCC(=O)N1CC2CC2(C(=O)O)C1)OCC1c2ccccc2-c2ccccc21. The molecule has 35 heavy (non-hydrogen) atoms. The minimum atomic E-state index is -0.762. The minimum absolute atomic E-state index is 0.0533. The van der Waals surface area contributed by atoms with E-state index in [1.807, 2.05) is 24.3 Å². The van der Waals surface area contributed by atoms with Crippen LogP contribution in [-0.4, -0.2) is 54.2 Å². The van der Waals surface area contributed by atoms with Crippen molar-refractivity contribution in [2.24, 2.45) is 11.3 Å². The molecular weight excluding hydrogens is 444 g/mol. The van der Waals surface area contributed by atoms with Crippen LogP contribution in [0.3, 0.4) is 0 Å². The van der Waals surface area contributed by atoms with E-state index >= 15 is 0 Å². The Balaban J connectivity index is 0.960. The van der Waals surface area contributed by atoms with E-state index in [1.54, 1.807) is 4.90 Å². The number of amides is 2. The van der Waals surface area contributed by atoms with E-state index in [0.717, 1.165) is 25.7 Å². The van der Waals surface area contributed by atoms with Gasteiger partial charge in [-0.05, 0) is 47.4 Å². The van der Waals surface area contributed by atoms with Crippen molar-refractivity contribution in [3.8, 4) is 11.1 Å². The van der Waals surface area contributed by atoms with Gasteiger partial charge in [0.1, 0.15) is 6.61 Å². The Morgan fingerprint density at radius 2 is 1.63 bits per heavy atom. The third-order valence-corrected chi connectivity index (χ3v) is 7.85. The fourth-order valence-electron chi connectivity index (χ4n) is 5.76. The molecule has 1 saturated carbocycles. The number of carbonyl (C=O) groups excluding carboxylic acids is 2. The number of ether oxygens (including phenoxy) is 1. The van der Waals surface area contributed by atoms with Crippen LogP contribution in [0, 0.1) is 11.3 Å². The van der Waals surface area contributed by atoms with E-state index in [1.165, 1.54) is 22.3 Å². The van der Waals surface area contributed by atoms with Gasteiger partial charge in [-0.25, -0.2) is 4.79 Å². The molecule has 0 radical (unpaired) electrons. The first kappa shape index (κ1) is 23.4. The summed E-state index contributed by atoms with van der Waals surface area (Å²) < 4.78 is 5.55. The number of nitrogens with one attached hydrogen (secondary N) is 1. The van der Waals surface area contributed by atoms with E-state index in [-0.39, 0.29) is 17.7 Å². The zero-order valence-corrected chi connectivity index (χ0v) is 19.9. The standard InChI is InChI=1S/C28H32N2O5/c31-25(30-16-19-15-28(19,18-30)26(32)33)13-3-1-2-8-14-29-27(34)35-17-24-22-11-6-4-9-20(22)21-10-5-7-12-23(21)24/h4-7,9-12,19,24H,1-3,8,13-18H2,(H,29,34)(H,32,33). The lowest BCUT2D eigenvalue weighted by Gasteiger charge is -2.19. The van der Waals surface area contributed by atoms with Crippen LogP contribution in [-0.2, 0) is 14.3 Å². The summed E-state index contributed by atoms with van der Waals surface area (Å²) in [6.07, 6.45) is 4.20. The summed E-state index contributed by atoms with van der Waals surface area (Å²) in [5, 5.41) is 12.2. The molecule has 2 N–H and O–H groups in total. The van der Waals surface area contributed by atoms with Gasteiger partial charge in [0.05, 0.1) is 5.41 Å². The van der Waals surface area contributed by atoms with Crippen LogP contribution in [0.15, 0.2) is 48.5 Å². The lowest BCUT2D eigenvalue weighted by Crippen LogP contribution is -2.33. The number of carboxylic acid groups (broad SMARTS) is 1. The van der Waals surface area contributed by atoms with Gasteiger partial charge in [0.25, 0.3) is 0 Å². The van der Waals surface area contributed by atoms with Crippen LogP contribution < -0.4 is 5.32 Å². The van der Waals surface area contributed by atoms with E-state index in [2.05, 4.69) is 29.6 Å². The Labute approximate surface area is 205 Å². The maximum atomic E-state index is 12.3. The van der Waals surface area contributed by atoms with Crippen molar-refractivity contribution in [1.29, 1.82) is 0 Å². The van der Waals surface area contributed by atoms with E-state index in [0.29, 0.717) is 39.1 Å². The molecule has 2 atom stereocenters. The smallest absolute Gasteiger partial charge is 0.407 e. The first-order chi connectivity index (χ1) is 17.0. The van der Waals surface area contributed by atoms with E-state index in [4.69, 9.17) is 4.74 Å². The average Bonchev–Trinajstić information content (AvgIpc) is 3.29. The van der Waals surface area contributed by atoms with Crippen LogP contribution in [0.5, 0.6) is 0 Å². The van der Waals surface area contributed by atoms with Gasteiger partial charge < -0.3 is 20.1 Å². The Morgan fingerprint density at radius 3 is 2.29 bits per heavy atom. The Bertz CT molecular complexity index is 1090. The molecule has 2 aromatic carbocycles. The third-order valence-electron chi connectivity index (χ3n) is 7.85. The molecule has 0 bridgehead atoms. The van der Waals surface area contributed by atoms with Crippen molar-refractivity contribution in [2.45, 2.75) is 44.4 Å². The molecule has 1 saturated heterocycles. The first-order valence-corrected chi connectivity index (χ1v) is 12.6. The van der Waals surface area contributed by atoms with Crippen molar-refractivity contribution in [3.63, 3.8) is 0 Å². The second kappa shape index (κ2) is 9.72. The largest absolute Gasteiger partial charge is 0.481 e. The summed E-state index contributed by atoms with van der Waals surface area (Å²) in [6, 6.07) is 16.5. The zero-order valence-electron chi connectivity index (χ0n) is 19.9. The number of carbonyl (C=O) groups is 3. The monoisotopic (exact) mass is 476 g/mol. The number of likely N-dealkylation sites (tertiary alicyclic amines) is 1. The molecule has 2 fully saturated rings. The fourth-order valence-corrected chi connectivity index (χ4v) is 5.76. The summed E-state index contributed by atoms with van der Waals surface area (Å²) >= 11 is 0. The molecule has 0 aromatic heterocycles. The van der Waals surface area contributed by atoms with Crippen molar-refractivity contribution >= 4 is 18.0 Å². The normalized spacial score (nSPS) is 21.7. The molecule has 2 aromatic rings. The number of hydrogen-bond acceptors (Lipinski definition) is 4. The highest BCUT2D eigenvalue weighted by molar-refractivity contribution is 5.83. The highest BCUT2D eigenvalue weighted by Crippen LogP contribution is 2.58. The maximum absolute atomic E-state index is 12.3. The van der Waals surface area contributed by atoms with Crippen LogP contribution in [0.25, 0.3) is 11.1 Å². The predicted octanol–water partition coefficient (Wildman–Crippen LogP) is 4.41. The van der Waals surface area contributed by atoms with Gasteiger partial charge in [-0.15, -0.1) is 0 Å². The lowest BCUT2D eigenvalue weighted by atomic mass is 9.98. The molecule has 2 unspecified atom stereocenters. The molecule has 1 aliphatic heterocycles. The van der Waals surface area contributed by atoms with E-state index < -0.39 is 17.5 Å². The van der Waals surface area contributed by atoms with Crippen molar-refractivity contribution in [2.75, 3.05) is 26.2 Å². The summed E-state index contributed by atoms with van der Waals surface area (Å²) in [5.74, 6) is -0.498. The van der Waals surface area contributed by atoms with Crippen LogP contribution in [0.4, 0.5) is 4.79 Å². The quantitative estimate of drug-likeness (QED) is 0.495. The van der Waals surface area contributed by atoms with Gasteiger partial charge in [0.15, 0.2) is 0 Å². The molecule has 5 rings (SSSR count). The van der Waals surface area contributed by atoms with Gasteiger partial charge in [0, 0.05) is 32.0 Å². The number of aliphatic carboxylic acids is 1. The molecular formula is C28H32N2O5. The summed E-state index contributed by atoms with van der Waals surface area (Å²) in [4.78, 5) is 37.7. The van der Waals surface area contributed by atoms with Crippen LogP contribution in [0.2, 0.25) is 0 Å². The number of alkyl carbamates (subject to hydrolysis) is 1. The average molecular weight is 477 g/mol. The molecule has 0 spiro atoms. The Morgan fingerprint density at radius 1 is 0.971 bits per heavy atom. The van der Waals surface area contributed by atoms with Gasteiger partial charge in [-0.3, -0.25) is 9.59 Å². The molecule has 1 heterocycles. The first-order valence-electron chi connectivity index (χ1n) is 12.6. The molecule has 7 heteroatoms. The number of benzene rings is 2. The number of piperidine rings is 1. The van der Waals surface area contributed by atoms with Crippen molar-refractivity contribution < 1.29 is 24.2 Å². The van der Waals surface area contributed by atoms with Gasteiger partial charge >= 0.3 is 12.1 Å². The van der Waals surface area contributed by atoms with Crippen molar-refractivity contribution in [3.05, 3.63) is 59.7 Å². The summed E-state index contributed by atoms with van der Waals surface area (Å²) in [5.41, 5.74) is 4.15. The second-order valence-corrected chi connectivity index (χ2v) is 10.1. The summed E-state index contributed by atoms with van der Waals surface area (Å²) in [7, 11) is 0. The number of hydrogen-bond donors (Lipinski definition) is 2. The van der Waals surface area contributed by atoms with Crippen LogP contribution in [0.1, 0.15) is 55.6 Å². The second-order valence-electron chi connectivity index (χ2n) is 10.1. The molecule has 2 aliphatic carbocycles. The number of nitrogens with zero attached hydrogens (tertiary/aromatic N) is 1. The number of unbranched alkanes of at least 4 members (excludes halogenated alkanes) is 3. The number of fused-ring (bicyclic) bond motifs is 4. The predicted molar refractivity (Wildman–Crippen MR) is 131 cm³/mol. The third kappa shape index (κ3) is 4.64. The van der Waals surface area contributed by atoms with Crippen molar-refractivity contribution in [1.82, 2.24) is 10.2 Å². The lowest BCUT2D eigenvalue weighted by molar-refractivity contribution is -0.144. The van der Waals surface area contributed by atoms with E-state index in [9.17, 15) is 19.5 Å². The minimum Gasteiger partial charge on any atom is -0.481 e. The summed E-state index contributed by atoms with van der Waals surface area (Å²) in [6.45, 7) is 1.81. The zero-order chi connectivity index (χ0) is 24.4. The Hall–Kier alpha value is -3.35. The highest BCUT2D eigenvalue weighted by Gasteiger charge is 2.66. The number of rotatable bonds is 10. The number of carboxylic acids is 1. The van der Waals surface area contributed by atoms with Gasteiger partial charge in [-0.1, -0.05) is 61.4 Å². The van der Waals surface area contributed by atoms with Gasteiger partial charge in [-0.2, -0.15) is 0 Å². The molecule has 7 nitrogen and oxygen atoms in total.